The molecular formula is C12H8ClOS2Sb-2. The molecule has 2 radical (unpaired) electrons. The molecule has 2 rings (SSSR count). The van der Waals surface area contributed by atoms with E-state index in [0.717, 1.165) is 0 Å². The van der Waals surface area contributed by atoms with Gasteiger partial charge in [0.05, 0.1) is 0 Å². The SMILES string of the molecule is [Cl][Sb].[S-]c1ccccc1Oc1ccccc1[S-]. The number of rotatable bonds is 2. The topological polar surface area (TPSA) is 9.23 Å². The molecule has 0 spiro atoms. The second-order valence-corrected chi connectivity index (χ2v) is 3.88. The van der Waals surface area contributed by atoms with Crippen LogP contribution in [0.25, 0.3) is 0 Å². The first kappa shape index (κ1) is 14.8. The average Bonchev–Trinajstić information content (AvgIpc) is 2.37. The molecule has 0 aliphatic carbocycles. The first-order chi connectivity index (χ1) is 8.27. The Labute approximate surface area is 130 Å². The molecule has 0 amide bonds. The minimum Gasteiger partial charge on any atom is -0.776 e. The first-order valence-corrected chi connectivity index (χ1v) is 8.69. The average molecular weight is 390 g/mol. The molecule has 2 aromatic rings. The Kier molecular flexibility index (Phi) is 6.98. The predicted molar refractivity (Wildman–Crippen MR) is 75.8 cm³/mol. The van der Waals surface area contributed by atoms with Crippen molar-refractivity contribution < 1.29 is 4.74 Å². The summed E-state index contributed by atoms with van der Waals surface area (Å²) in [6.07, 6.45) is 0. The number of ether oxygens (including phenoxy) is 1. The molecule has 0 aromatic heterocycles. The third kappa shape index (κ3) is 4.51. The van der Waals surface area contributed by atoms with Crippen LogP contribution in [0.2, 0.25) is 0 Å². The fourth-order valence-electron chi connectivity index (χ4n) is 1.19. The van der Waals surface area contributed by atoms with E-state index in [4.69, 9.17) is 30.0 Å². The summed E-state index contributed by atoms with van der Waals surface area (Å²) in [4.78, 5) is 1.38. The van der Waals surface area contributed by atoms with Crippen molar-refractivity contribution in [2.45, 2.75) is 9.79 Å². The molecule has 17 heavy (non-hydrogen) atoms. The molecule has 0 heterocycles. The van der Waals surface area contributed by atoms with E-state index in [1.165, 1.54) is 21.9 Å². The molecule has 0 saturated heterocycles. The molecule has 0 unspecified atom stereocenters. The maximum atomic E-state index is 5.63. The molecule has 0 aliphatic heterocycles. The fourth-order valence-corrected chi connectivity index (χ4v) is 1.56. The van der Waals surface area contributed by atoms with Crippen molar-refractivity contribution in [1.82, 2.24) is 0 Å². The quantitative estimate of drug-likeness (QED) is 0.574. The second-order valence-electron chi connectivity index (χ2n) is 3.00. The molecule has 0 N–H and O–H groups in total. The van der Waals surface area contributed by atoms with Gasteiger partial charge in [-0.25, -0.2) is 0 Å². The maximum Gasteiger partial charge on any atom is 0.108 e. The summed E-state index contributed by atoms with van der Waals surface area (Å²) in [5.41, 5.74) is 0. The summed E-state index contributed by atoms with van der Waals surface area (Å²) in [5.74, 6) is 1.34. The summed E-state index contributed by atoms with van der Waals surface area (Å²) in [5, 5.41) is 0. The van der Waals surface area contributed by atoms with Crippen LogP contribution < -0.4 is 4.74 Å². The van der Waals surface area contributed by atoms with Crippen LogP contribution in [0.4, 0.5) is 0 Å². The van der Waals surface area contributed by atoms with Gasteiger partial charge in [-0.3, -0.25) is 0 Å². The van der Waals surface area contributed by atoms with Gasteiger partial charge in [0.2, 0.25) is 0 Å². The van der Waals surface area contributed by atoms with E-state index in [-0.39, 0.29) is 0 Å². The van der Waals surface area contributed by atoms with E-state index in [2.05, 4.69) is 8.83 Å². The van der Waals surface area contributed by atoms with Gasteiger partial charge >= 0.3 is 30.7 Å². The van der Waals surface area contributed by atoms with Crippen LogP contribution in [0, 0.1) is 0 Å². The minimum atomic E-state index is 0.671. The largest absolute Gasteiger partial charge is 0.776 e. The molecule has 0 bridgehead atoms. The van der Waals surface area contributed by atoms with Crippen LogP contribution in [0.15, 0.2) is 58.3 Å². The van der Waals surface area contributed by atoms with Crippen molar-refractivity contribution in [3.8, 4) is 11.5 Å². The standard InChI is InChI=1S/C12H10OS2.ClH.Sb/c14-11-7-3-1-5-9(11)13-10-6-2-4-8-12(10)15;;/h1-8,14-15H;1H;/q;;+1/p-3. The minimum absolute atomic E-state index is 0.671. The van der Waals surface area contributed by atoms with E-state index in [1.54, 1.807) is 0 Å². The summed E-state index contributed by atoms with van der Waals surface area (Å²) in [6, 6.07) is 14.9. The van der Waals surface area contributed by atoms with Gasteiger partial charge in [0.15, 0.2) is 0 Å². The van der Waals surface area contributed by atoms with Gasteiger partial charge in [-0.2, -0.15) is 0 Å². The number of halogens is 1. The van der Waals surface area contributed by atoms with Crippen LogP contribution in [-0.2, 0) is 25.3 Å². The Morgan fingerprint density at radius 1 is 0.765 bits per heavy atom. The molecule has 0 atom stereocenters. The van der Waals surface area contributed by atoms with Crippen LogP contribution in [0.5, 0.6) is 11.5 Å². The maximum absolute atomic E-state index is 5.63. The van der Waals surface area contributed by atoms with Gasteiger partial charge in [-0.15, -0.1) is 9.79 Å². The number of hydrogen-bond donors (Lipinski definition) is 0. The summed E-state index contributed by atoms with van der Waals surface area (Å²) in [6.45, 7) is 0. The van der Waals surface area contributed by atoms with Crippen molar-refractivity contribution >= 4 is 56.0 Å². The Bertz CT molecular complexity index is 436. The first-order valence-electron chi connectivity index (χ1n) is 4.64. The predicted octanol–water partition coefficient (Wildman–Crippen LogP) is 3.60. The monoisotopic (exact) mass is 388 g/mol. The van der Waals surface area contributed by atoms with E-state index in [1.807, 2.05) is 48.5 Å². The van der Waals surface area contributed by atoms with Crippen LogP contribution in [0.1, 0.15) is 0 Å². The molecule has 5 heteroatoms. The normalized spacial score (nSPS) is 9.06. The summed E-state index contributed by atoms with van der Waals surface area (Å²) < 4.78 is 5.63. The van der Waals surface area contributed by atoms with Gasteiger partial charge in [0, 0.05) is 0 Å². The van der Waals surface area contributed by atoms with Crippen molar-refractivity contribution in [1.29, 1.82) is 0 Å². The number of benzene rings is 2. The van der Waals surface area contributed by atoms with Gasteiger partial charge in [0.25, 0.3) is 0 Å². The molecular weight excluding hydrogens is 381 g/mol. The molecule has 2 aromatic carbocycles. The second kappa shape index (κ2) is 7.99. The molecule has 0 saturated carbocycles. The number of hydrogen-bond acceptors (Lipinski definition) is 3. The molecule has 1 nitrogen and oxygen atoms in total. The Hall–Kier alpha value is -0.212. The third-order valence-corrected chi connectivity index (χ3v) is 2.59. The van der Waals surface area contributed by atoms with Crippen molar-refractivity contribution in [2.75, 3.05) is 0 Å². The van der Waals surface area contributed by atoms with Gasteiger partial charge < -0.3 is 30.0 Å². The Morgan fingerprint density at radius 2 is 1.12 bits per heavy atom. The summed E-state index contributed by atoms with van der Waals surface area (Å²) in [7, 11) is 4.69. The van der Waals surface area contributed by atoms with Gasteiger partial charge in [-0.1, -0.05) is 36.4 Å². The Balaban J connectivity index is 0.000000686. The zero-order chi connectivity index (χ0) is 12.7. The van der Waals surface area contributed by atoms with Crippen molar-refractivity contribution in [2.24, 2.45) is 0 Å². The van der Waals surface area contributed by atoms with Crippen molar-refractivity contribution in [3.05, 3.63) is 48.5 Å². The Morgan fingerprint density at radius 3 is 1.47 bits per heavy atom. The van der Waals surface area contributed by atoms with Crippen LogP contribution >= 0.6 is 8.83 Å². The zero-order valence-electron chi connectivity index (χ0n) is 8.67. The number of para-hydroxylation sites is 2. The summed E-state index contributed by atoms with van der Waals surface area (Å²) >= 11 is 11.5. The van der Waals surface area contributed by atoms with Crippen molar-refractivity contribution in [3.63, 3.8) is 0 Å². The molecule has 0 fully saturated rings. The third-order valence-electron chi connectivity index (χ3n) is 1.92. The van der Waals surface area contributed by atoms with Gasteiger partial charge in [0.1, 0.15) is 11.5 Å². The fraction of sp³-hybridized carbons (Fsp3) is 0. The van der Waals surface area contributed by atoms with E-state index in [9.17, 15) is 0 Å². The smallest absolute Gasteiger partial charge is 0.108 e. The zero-order valence-corrected chi connectivity index (χ0v) is 13.6. The molecule has 88 valence electrons. The van der Waals surface area contributed by atoms with E-state index in [0.29, 0.717) is 21.3 Å². The molecule has 0 aliphatic rings. The van der Waals surface area contributed by atoms with E-state index >= 15 is 0 Å². The van der Waals surface area contributed by atoms with Gasteiger partial charge in [-0.05, 0) is 12.1 Å². The van der Waals surface area contributed by atoms with Crippen LogP contribution in [-0.4, -0.2) is 21.9 Å². The van der Waals surface area contributed by atoms with E-state index < -0.39 is 0 Å². The van der Waals surface area contributed by atoms with Crippen LogP contribution in [0.3, 0.4) is 0 Å².